The van der Waals surface area contributed by atoms with E-state index in [-0.39, 0.29) is 0 Å². The monoisotopic (exact) mass is 429 g/mol. The van der Waals surface area contributed by atoms with Crippen LogP contribution >= 0.6 is 0 Å². The van der Waals surface area contributed by atoms with Gasteiger partial charge >= 0.3 is 0 Å². The third-order valence-electron chi connectivity index (χ3n) is 5.96. The second kappa shape index (κ2) is 12.1. The Bertz CT molecular complexity index is 1070. The smallest absolute Gasteiger partial charge is 0.162 e. The summed E-state index contributed by atoms with van der Waals surface area (Å²) in [6, 6.07) is 19.2. The van der Waals surface area contributed by atoms with Crippen LogP contribution in [0.25, 0.3) is 27.9 Å². The molecular weight excluding hydrogens is 394 g/mol. The first-order chi connectivity index (χ1) is 15.7. The molecule has 0 bridgehead atoms. The van der Waals surface area contributed by atoms with Gasteiger partial charge in [-0.3, -0.25) is 11.3 Å². The number of aromatic nitrogens is 3. The molecule has 0 aliphatic heterocycles. The maximum absolute atomic E-state index is 4.70. The van der Waals surface area contributed by atoms with Crippen molar-refractivity contribution in [1.29, 1.82) is 0 Å². The fourth-order valence-corrected chi connectivity index (χ4v) is 4.00. The van der Waals surface area contributed by atoms with Gasteiger partial charge in [-0.05, 0) is 42.5 Å². The van der Waals surface area contributed by atoms with Crippen molar-refractivity contribution in [1.82, 2.24) is 20.0 Å². The molecule has 5 heteroatoms. The molecule has 5 nitrogen and oxygen atoms in total. The van der Waals surface area contributed by atoms with E-state index in [1.807, 2.05) is 35.1 Å². The lowest BCUT2D eigenvalue weighted by Crippen LogP contribution is -2.13. The molecule has 4 rings (SSSR count). The van der Waals surface area contributed by atoms with Crippen molar-refractivity contribution in [2.45, 2.75) is 46.0 Å². The van der Waals surface area contributed by atoms with Crippen molar-refractivity contribution in [3.8, 4) is 22.3 Å². The number of nitrogens with zero attached hydrogens (tertiary/aromatic N) is 3. The molecule has 2 heterocycles. The van der Waals surface area contributed by atoms with E-state index in [4.69, 9.17) is 4.98 Å². The minimum absolute atomic E-state index is 0.877. The SMILES string of the molecule is CCC(CC)CCCc1ccc(-c2cnc3c(-c4ccccc4)cnn3c2)cc1.CNN. The lowest BCUT2D eigenvalue weighted by Gasteiger charge is -2.11. The highest BCUT2D eigenvalue weighted by atomic mass is 15.2. The summed E-state index contributed by atoms with van der Waals surface area (Å²) in [5, 5.41) is 4.53. The van der Waals surface area contributed by atoms with Gasteiger partial charge in [0.25, 0.3) is 0 Å². The van der Waals surface area contributed by atoms with E-state index >= 15 is 0 Å². The molecule has 0 unspecified atom stereocenters. The molecule has 2 aromatic carbocycles. The Hall–Kier alpha value is -3.02. The summed E-state index contributed by atoms with van der Waals surface area (Å²) in [4.78, 5) is 4.70. The minimum atomic E-state index is 0.877. The van der Waals surface area contributed by atoms with Crippen LogP contribution in [0.5, 0.6) is 0 Å². The summed E-state index contributed by atoms with van der Waals surface area (Å²) in [5.74, 6) is 5.47. The maximum Gasteiger partial charge on any atom is 0.162 e. The lowest BCUT2D eigenvalue weighted by molar-refractivity contribution is 0.441. The lowest BCUT2D eigenvalue weighted by atomic mass is 9.95. The Kier molecular flexibility index (Phi) is 8.96. The van der Waals surface area contributed by atoms with Crippen LogP contribution in [0.1, 0.15) is 45.1 Å². The molecule has 0 fully saturated rings. The van der Waals surface area contributed by atoms with E-state index in [0.29, 0.717) is 0 Å². The minimum Gasteiger partial charge on any atom is -0.272 e. The molecule has 0 aliphatic rings. The third-order valence-corrected chi connectivity index (χ3v) is 5.96. The van der Waals surface area contributed by atoms with Crippen LogP contribution in [0.3, 0.4) is 0 Å². The Balaban J connectivity index is 0.000000913. The van der Waals surface area contributed by atoms with Crippen molar-refractivity contribution in [2.75, 3.05) is 7.05 Å². The Morgan fingerprint density at radius 1 is 0.906 bits per heavy atom. The molecule has 0 atom stereocenters. The molecule has 0 saturated carbocycles. The highest BCUT2D eigenvalue weighted by Gasteiger charge is 2.09. The number of rotatable bonds is 8. The second-order valence-corrected chi connectivity index (χ2v) is 8.10. The average Bonchev–Trinajstić information content (AvgIpc) is 3.27. The van der Waals surface area contributed by atoms with Gasteiger partial charge in [0.1, 0.15) is 0 Å². The summed E-state index contributed by atoms with van der Waals surface area (Å²) in [7, 11) is 1.65. The first-order valence-corrected chi connectivity index (χ1v) is 11.6. The fraction of sp³-hybridized carbons (Fsp3) is 0.333. The molecule has 4 aromatic rings. The molecule has 0 saturated heterocycles. The van der Waals surface area contributed by atoms with Crippen LogP contribution in [0.15, 0.2) is 73.2 Å². The number of benzene rings is 2. The number of fused-ring (bicyclic) bond motifs is 1. The molecular formula is C27H35N5. The third kappa shape index (κ3) is 6.02. The summed E-state index contributed by atoms with van der Waals surface area (Å²) < 4.78 is 1.88. The van der Waals surface area contributed by atoms with Gasteiger partial charge in [0, 0.05) is 23.5 Å². The average molecular weight is 430 g/mol. The van der Waals surface area contributed by atoms with E-state index in [9.17, 15) is 0 Å². The summed E-state index contributed by atoms with van der Waals surface area (Å²) in [6.07, 6.45) is 12.3. The summed E-state index contributed by atoms with van der Waals surface area (Å²) in [5.41, 5.74) is 9.02. The van der Waals surface area contributed by atoms with Gasteiger partial charge < -0.3 is 0 Å². The molecule has 32 heavy (non-hydrogen) atoms. The number of nitrogens with one attached hydrogen (secondary N) is 1. The van der Waals surface area contributed by atoms with Crippen molar-refractivity contribution in [3.63, 3.8) is 0 Å². The van der Waals surface area contributed by atoms with E-state index in [1.54, 1.807) is 7.05 Å². The molecule has 0 radical (unpaired) electrons. The molecule has 3 N–H and O–H groups in total. The highest BCUT2D eigenvalue weighted by molar-refractivity contribution is 5.77. The molecule has 168 valence electrons. The quantitative estimate of drug-likeness (QED) is 0.270. The zero-order valence-corrected chi connectivity index (χ0v) is 19.5. The Morgan fingerprint density at radius 3 is 2.25 bits per heavy atom. The molecule has 2 aromatic heterocycles. The predicted octanol–water partition coefficient (Wildman–Crippen LogP) is 5.90. The van der Waals surface area contributed by atoms with E-state index in [0.717, 1.165) is 34.7 Å². The highest BCUT2D eigenvalue weighted by Crippen LogP contribution is 2.26. The van der Waals surface area contributed by atoms with Crippen molar-refractivity contribution < 1.29 is 0 Å². The van der Waals surface area contributed by atoms with Crippen LogP contribution in [0.4, 0.5) is 0 Å². The van der Waals surface area contributed by atoms with E-state index < -0.39 is 0 Å². The van der Waals surface area contributed by atoms with Crippen molar-refractivity contribution in [2.24, 2.45) is 11.8 Å². The number of hydrogen-bond donors (Lipinski definition) is 2. The van der Waals surface area contributed by atoms with Gasteiger partial charge in [0.05, 0.1) is 6.20 Å². The first kappa shape index (κ1) is 23.6. The van der Waals surface area contributed by atoms with Gasteiger partial charge in [-0.1, -0.05) is 87.7 Å². The van der Waals surface area contributed by atoms with Crippen molar-refractivity contribution >= 4 is 5.65 Å². The maximum atomic E-state index is 4.70. The largest absolute Gasteiger partial charge is 0.272 e. The second-order valence-electron chi connectivity index (χ2n) is 8.10. The zero-order valence-electron chi connectivity index (χ0n) is 19.5. The van der Waals surface area contributed by atoms with Gasteiger partial charge in [0.2, 0.25) is 0 Å². The molecule has 0 amide bonds. The van der Waals surface area contributed by atoms with Crippen LogP contribution in [-0.4, -0.2) is 21.6 Å². The van der Waals surface area contributed by atoms with Crippen LogP contribution in [-0.2, 0) is 6.42 Å². The van der Waals surface area contributed by atoms with E-state index in [2.05, 4.69) is 72.8 Å². The first-order valence-electron chi connectivity index (χ1n) is 11.6. The topological polar surface area (TPSA) is 68.2 Å². The Labute approximate surface area is 191 Å². The predicted molar refractivity (Wildman–Crippen MR) is 134 cm³/mol. The van der Waals surface area contributed by atoms with Crippen molar-refractivity contribution in [3.05, 3.63) is 78.8 Å². The van der Waals surface area contributed by atoms with Gasteiger partial charge in [0.15, 0.2) is 5.65 Å². The Morgan fingerprint density at radius 2 is 1.59 bits per heavy atom. The number of nitrogens with two attached hydrogens (primary N) is 1. The normalized spacial score (nSPS) is 10.9. The molecule has 0 spiro atoms. The number of hydrogen-bond acceptors (Lipinski definition) is 4. The van der Waals surface area contributed by atoms with Gasteiger partial charge in [-0.15, -0.1) is 0 Å². The van der Waals surface area contributed by atoms with Gasteiger partial charge in [-0.25, -0.2) is 9.50 Å². The van der Waals surface area contributed by atoms with Crippen LogP contribution in [0.2, 0.25) is 0 Å². The standard InChI is InChI=1S/C26H29N3.CH6N2/c1-3-20(4-2)9-8-10-21-13-15-22(16-14-21)24-17-27-26-25(18-28-29(26)19-24)23-11-6-5-7-12-23;1-3-2/h5-7,11-20H,3-4,8-10H2,1-2H3;3H,2H2,1H3. The number of hydrazine groups is 1. The molecule has 0 aliphatic carbocycles. The van der Waals surface area contributed by atoms with Crippen LogP contribution in [0, 0.1) is 5.92 Å². The van der Waals surface area contributed by atoms with E-state index in [1.165, 1.54) is 36.8 Å². The summed E-state index contributed by atoms with van der Waals surface area (Å²) >= 11 is 0. The van der Waals surface area contributed by atoms with Gasteiger partial charge in [-0.2, -0.15) is 5.10 Å². The van der Waals surface area contributed by atoms with Crippen LogP contribution < -0.4 is 11.3 Å². The zero-order chi connectivity index (χ0) is 22.8. The fourth-order valence-electron chi connectivity index (χ4n) is 4.00. The number of aryl methyl sites for hydroxylation is 1. The summed E-state index contributed by atoms with van der Waals surface area (Å²) in [6.45, 7) is 4.60.